The minimum atomic E-state index is 0.781. The van der Waals surface area contributed by atoms with Gasteiger partial charge in [-0.15, -0.1) is 10.2 Å². The number of halogens is 1. The molecule has 0 unspecified atom stereocenters. The molecule has 0 aliphatic rings. The Morgan fingerprint density at radius 3 is 2.83 bits per heavy atom. The summed E-state index contributed by atoms with van der Waals surface area (Å²) in [7, 11) is 1.92. The molecule has 2 rings (SSSR count). The van der Waals surface area contributed by atoms with Gasteiger partial charge in [0.05, 0.1) is 6.33 Å². The van der Waals surface area contributed by atoms with Crippen LogP contribution in [0.15, 0.2) is 16.4 Å². The van der Waals surface area contributed by atoms with Crippen LogP contribution in [0, 0.1) is 0 Å². The average molecular weight is 245 g/mol. The van der Waals surface area contributed by atoms with Crippen molar-refractivity contribution in [1.82, 2.24) is 19.7 Å². The van der Waals surface area contributed by atoms with E-state index in [-0.39, 0.29) is 0 Å². The lowest BCUT2D eigenvalue weighted by Crippen LogP contribution is -1.78. The Morgan fingerprint density at radius 2 is 2.33 bits per heavy atom. The molecule has 0 fully saturated rings. The van der Waals surface area contributed by atoms with Gasteiger partial charge < -0.3 is 4.57 Å². The van der Waals surface area contributed by atoms with E-state index in [2.05, 4.69) is 31.1 Å². The molecule has 62 valence electrons. The molecule has 0 amide bonds. The maximum atomic E-state index is 4.15. The van der Waals surface area contributed by atoms with E-state index in [0.717, 1.165) is 14.6 Å². The smallest absolute Gasteiger partial charge is 0.183 e. The molecule has 2 aromatic heterocycles. The van der Waals surface area contributed by atoms with Gasteiger partial charge in [0.25, 0.3) is 0 Å². The first-order chi connectivity index (χ1) is 5.75. The van der Waals surface area contributed by atoms with Gasteiger partial charge in [0.1, 0.15) is 5.69 Å². The maximum Gasteiger partial charge on any atom is 0.183 e. The normalized spacial score (nSPS) is 10.5. The summed E-state index contributed by atoms with van der Waals surface area (Å²) < 4.78 is 2.66. The van der Waals surface area contributed by atoms with Gasteiger partial charge >= 0.3 is 0 Å². The largest absolute Gasteiger partial charge is 0.340 e. The lowest BCUT2D eigenvalue weighted by atomic mass is 10.5. The molecule has 0 aliphatic carbocycles. The number of aromatic nitrogens is 4. The molecule has 6 heteroatoms. The van der Waals surface area contributed by atoms with Crippen LogP contribution in [0.5, 0.6) is 0 Å². The number of imidazole rings is 1. The van der Waals surface area contributed by atoms with E-state index in [1.165, 1.54) is 11.3 Å². The molecule has 0 bridgehead atoms. The quantitative estimate of drug-likeness (QED) is 0.768. The van der Waals surface area contributed by atoms with Gasteiger partial charge in [-0.25, -0.2) is 4.98 Å². The predicted molar refractivity (Wildman–Crippen MR) is 49.8 cm³/mol. The summed E-state index contributed by atoms with van der Waals surface area (Å²) in [6, 6.07) is 0. The van der Waals surface area contributed by atoms with Crippen molar-refractivity contribution in [3.05, 3.63) is 16.4 Å². The molecule has 4 nitrogen and oxygen atoms in total. The number of hydrogen-bond donors (Lipinski definition) is 0. The topological polar surface area (TPSA) is 43.6 Å². The summed E-state index contributed by atoms with van der Waals surface area (Å²) in [6.45, 7) is 0. The lowest BCUT2D eigenvalue weighted by molar-refractivity contribution is 0.913. The summed E-state index contributed by atoms with van der Waals surface area (Å²) in [4.78, 5) is 4.15. The van der Waals surface area contributed by atoms with Crippen LogP contribution in [0.4, 0.5) is 0 Å². The highest BCUT2D eigenvalue weighted by Crippen LogP contribution is 2.24. The van der Waals surface area contributed by atoms with Gasteiger partial charge in [-0.3, -0.25) is 0 Å². The Bertz CT molecular complexity index is 355. The molecular weight excluding hydrogens is 240 g/mol. The van der Waals surface area contributed by atoms with Crippen molar-refractivity contribution in [2.45, 2.75) is 0 Å². The van der Waals surface area contributed by atoms with E-state index < -0.39 is 0 Å². The van der Waals surface area contributed by atoms with Crippen LogP contribution in [-0.4, -0.2) is 19.7 Å². The molecule has 0 spiro atoms. The summed E-state index contributed by atoms with van der Waals surface area (Å²) >= 11 is 4.72. The van der Waals surface area contributed by atoms with E-state index in [4.69, 9.17) is 0 Å². The third-order valence-electron chi connectivity index (χ3n) is 1.32. The minimum Gasteiger partial charge on any atom is -0.340 e. The van der Waals surface area contributed by atoms with Crippen molar-refractivity contribution < 1.29 is 0 Å². The van der Waals surface area contributed by atoms with Crippen LogP contribution in [0.1, 0.15) is 0 Å². The fraction of sp³-hybridized carbons (Fsp3) is 0.167. The van der Waals surface area contributed by atoms with Crippen molar-refractivity contribution in [3.8, 4) is 10.7 Å². The zero-order chi connectivity index (χ0) is 8.55. The van der Waals surface area contributed by atoms with Crippen molar-refractivity contribution in [1.29, 1.82) is 0 Å². The van der Waals surface area contributed by atoms with E-state index in [9.17, 15) is 0 Å². The van der Waals surface area contributed by atoms with Crippen molar-refractivity contribution in [2.24, 2.45) is 7.05 Å². The lowest BCUT2D eigenvalue weighted by Gasteiger charge is -1.83. The summed E-state index contributed by atoms with van der Waals surface area (Å²) in [5.41, 5.74) is 0.862. The molecule has 2 heterocycles. The Morgan fingerprint density at radius 1 is 1.50 bits per heavy atom. The van der Waals surface area contributed by atoms with E-state index >= 15 is 0 Å². The molecule has 0 saturated carbocycles. The number of aryl methyl sites for hydroxylation is 1. The fourth-order valence-electron chi connectivity index (χ4n) is 0.832. The van der Waals surface area contributed by atoms with Crippen LogP contribution < -0.4 is 0 Å². The predicted octanol–water partition coefficient (Wildman–Crippen LogP) is 1.70. The number of rotatable bonds is 1. The van der Waals surface area contributed by atoms with Gasteiger partial charge in [-0.2, -0.15) is 0 Å². The van der Waals surface area contributed by atoms with Crippen molar-refractivity contribution in [2.75, 3.05) is 0 Å². The van der Waals surface area contributed by atoms with Crippen LogP contribution in [-0.2, 0) is 7.05 Å². The molecule has 0 aliphatic heterocycles. The Hall–Kier alpha value is -0.750. The zero-order valence-electron chi connectivity index (χ0n) is 6.23. The second-order valence-corrected chi connectivity index (χ2v) is 4.54. The maximum absolute atomic E-state index is 4.15. The van der Waals surface area contributed by atoms with Gasteiger partial charge in [0.2, 0.25) is 0 Å². The number of nitrogens with zero attached hydrogens (tertiary/aromatic N) is 4. The number of hydrogen-bond acceptors (Lipinski definition) is 4. The van der Waals surface area contributed by atoms with E-state index in [1.54, 1.807) is 6.33 Å². The third-order valence-corrected chi connectivity index (χ3v) is 2.70. The highest BCUT2D eigenvalue weighted by molar-refractivity contribution is 9.11. The Labute approximate surface area is 81.4 Å². The fourth-order valence-corrected chi connectivity index (χ4v) is 1.90. The van der Waals surface area contributed by atoms with Crippen LogP contribution >= 0.6 is 27.3 Å². The van der Waals surface area contributed by atoms with E-state index in [0.29, 0.717) is 0 Å². The second-order valence-electron chi connectivity index (χ2n) is 2.28. The van der Waals surface area contributed by atoms with Crippen LogP contribution in [0.2, 0.25) is 0 Å². The SMILES string of the molecule is Cn1cnc(-c2nnc(Br)s2)c1. The molecule has 0 radical (unpaired) electrons. The Balaban J connectivity index is 2.43. The molecule has 12 heavy (non-hydrogen) atoms. The van der Waals surface area contributed by atoms with Gasteiger partial charge in [-0.05, 0) is 15.9 Å². The molecule has 0 saturated heterocycles. The molecule has 0 aromatic carbocycles. The minimum absolute atomic E-state index is 0.781. The highest BCUT2D eigenvalue weighted by atomic mass is 79.9. The third kappa shape index (κ3) is 1.39. The highest BCUT2D eigenvalue weighted by Gasteiger charge is 2.06. The van der Waals surface area contributed by atoms with Crippen molar-refractivity contribution in [3.63, 3.8) is 0 Å². The van der Waals surface area contributed by atoms with Crippen molar-refractivity contribution >= 4 is 27.3 Å². The monoisotopic (exact) mass is 244 g/mol. The first-order valence-corrected chi connectivity index (χ1v) is 4.84. The summed E-state index contributed by atoms with van der Waals surface area (Å²) in [5.74, 6) is 0. The second kappa shape index (κ2) is 2.95. The van der Waals surface area contributed by atoms with Gasteiger partial charge in [0, 0.05) is 13.2 Å². The first kappa shape index (κ1) is 7.88. The molecular formula is C6H5BrN4S. The van der Waals surface area contributed by atoms with E-state index in [1.807, 2.05) is 17.8 Å². The van der Waals surface area contributed by atoms with Crippen LogP contribution in [0.25, 0.3) is 10.7 Å². The zero-order valence-corrected chi connectivity index (χ0v) is 8.63. The Kier molecular flexibility index (Phi) is 1.93. The molecule has 0 atom stereocenters. The first-order valence-electron chi connectivity index (χ1n) is 3.23. The molecule has 2 aromatic rings. The van der Waals surface area contributed by atoms with Crippen LogP contribution in [0.3, 0.4) is 0 Å². The average Bonchev–Trinajstić information content (AvgIpc) is 2.58. The molecule has 0 N–H and O–H groups in total. The van der Waals surface area contributed by atoms with Gasteiger partial charge in [-0.1, -0.05) is 11.3 Å². The summed E-state index contributed by atoms with van der Waals surface area (Å²) in [6.07, 6.45) is 3.65. The standard InChI is InChI=1S/C6H5BrN4S/c1-11-2-4(8-3-11)5-9-10-6(7)12-5/h2-3H,1H3. The van der Waals surface area contributed by atoms with Gasteiger partial charge in [0.15, 0.2) is 8.92 Å². The summed E-state index contributed by atoms with van der Waals surface area (Å²) in [5, 5.41) is 8.62.